The number of pyridine rings is 1. The highest BCUT2D eigenvalue weighted by atomic mass is 19.4. The number of amides is 1. The van der Waals surface area contributed by atoms with Crippen molar-refractivity contribution in [2.45, 2.75) is 32.5 Å². The third-order valence-electron chi connectivity index (χ3n) is 3.30. The molecule has 0 saturated heterocycles. The van der Waals surface area contributed by atoms with Crippen molar-refractivity contribution in [3.63, 3.8) is 0 Å². The number of carboxylic acids is 1. The Kier molecular flexibility index (Phi) is 3.83. The van der Waals surface area contributed by atoms with Crippen LogP contribution in [0, 0.1) is 6.92 Å². The summed E-state index contributed by atoms with van der Waals surface area (Å²) in [6.07, 6.45) is -3.81. The minimum Gasteiger partial charge on any atom is -0.480 e. The summed E-state index contributed by atoms with van der Waals surface area (Å²) in [6.45, 7) is 4.00. The molecule has 0 aliphatic carbocycles. The van der Waals surface area contributed by atoms with E-state index in [1.165, 1.54) is 20.8 Å². The number of carboxylic acid groups (broad SMARTS) is 1. The Morgan fingerprint density at radius 3 is 2.39 bits per heavy atom. The van der Waals surface area contributed by atoms with E-state index in [0.29, 0.717) is 0 Å². The van der Waals surface area contributed by atoms with Gasteiger partial charge in [-0.25, -0.2) is 9.78 Å². The lowest BCUT2D eigenvalue weighted by Crippen LogP contribution is -2.50. The maximum absolute atomic E-state index is 12.8. The molecule has 6 nitrogen and oxygen atoms in total. The zero-order valence-corrected chi connectivity index (χ0v) is 12.5. The van der Waals surface area contributed by atoms with Crippen LogP contribution in [0.4, 0.5) is 13.2 Å². The molecule has 2 rings (SSSR count). The highest BCUT2D eigenvalue weighted by Crippen LogP contribution is 2.29. The Hall–Kier alpha value is -2.58. The van der Waals surface area contributed by atoms with Crippen molar-refractivity contribution in [2.24, 2.45) is 0 Å². The SMILES string of the molecule is Cc1nc2ccc(C(F)(F)F)cn2c1C(=O)NC(C)(C)C(=O)O. The average molecular weight is 329 g/mol. The molecule has 0 fully saturated rings. The van der Waals surface area contributed by atoms with Crippen LogP contribution in [0.2, 0.25) is 0 Å². The Bertz CT molecular complexity index is 794. The van der Waals surface area contributed by atoms with Gasteiger partial charge in [-0.1, -0.05) is 0 Å². The number of carbonyl (C=O) groups excluding carboxylic acids is 1. The summed E-state index contributed by atoms with van der Waals surface area (Å²) in [7, 11) is 0. The molecule has 2 aromatic heterocycles. The number of hydrogen-bond donors (Lipinski definition) is 2. The molecule has 2 heterocycles. The number of fused-ring (bicyclic) bond motifs is 1. The van der Waals surface area contributed by atoms with Crippen molar-refractivity contribution in [1.82, 2.24) is 14.7 Å². The second-order valence-corrected chi connectivity index (χ2v) is 5.57. The summed E-state index contributed by atoms with van der Waals surface area (Å²) in [4.78, 5) is 27.4. The molecule has 0 aliphatic heterocycles. The van der Waals surface area contributed by atoms with Crippen LogP contribution in [0.25, 0.3) is 5.65 Å². The van der Waals surface area contributed by atoms with Crippen molar-refractivity contribution in [3.8, 4) is 0 Å². The van der Waals surface area contributed by atoms with E-state index < -0.39 is 29.2 Å². The van der Waals surface area contributed by atoms with E-state index in [0.717, 1.165) is 22.7 Å². The minimum absolute atomic E-state index is 0.138. The molecule has 9 heteroatoms. The van der Waals surface area contributed by atoms with Crippen molar-refractivity contribution in [1.29, 1.82) is 0 Å². The van der Waals surface area contributed by atoms with Crippen molar-refractivity contribution in [3.05, 3.63) is 35.3 Å². The number of halogens is 3. The fourth-order valence-corrected chi connectivity index (χ4v) is 2.00. The zero-order valence-electron chi connectivity index (χ0n) is 12.5. The van der Waals surface area contributed by atoms with Gasteiger partial charge in [-0.15, -0.1) is 0 Å². The first-order valence-corrected chi connectivity index (χ1v) is 6.55. The number of rotatable bonds is 3. The molecule has 2 aromatic rings. The van der Waals surface area contributed by atoms with E-state index in [2.05, 4.69) is 10.3 Å². The molecule has 0 spiro atoms. The first-order valence-electron chi connectivity index (χ1n) is 6.55. The summed E-state index contributed by atoms with van der Waals surface area (Å²) in [5.41, 5.74) is -2.29. The molecular formula is C14H14F3N3O3. The number of carbonyl (C=O) groups is 2. The topological polar surface area (TPSA) is 83.7 Å². The van der Waals surface area contributed by atoms with Crippen LogP contribution in [0.5, 0.6) is 0 Å². The quantitative estimate of drug-likeness (QED) is 0.905. The van der Waals surface area contributed by atoms with Gasteiger partial charge in [0.2, 0.25) is 0 Å². The van der Waals surface area contributed by atoms with Crippen molar-refractivity contribution in [2.75, 3.05) is 0 Å². The lowest BCUT2D eigenvalue weighted by atomic mass is 10.1. The molecular weight excluding hydrogens is 315 g/mol. The van der Waals surface area contributed by atoms with Gasteiger partial charge >= 0.3 is 12.1 Å². The molecule has 0 bridgehead atoms. The fourth-order valence-electron chi connectivity index (χ4n) is 2.00. The van der Waals surface area contributed by atoms with Gasteiger partial charge in [0, 0.05) is 6.20 Å². The average Bonchev–Trinajstić information content (AvgIpc) is 2.71. The maximum atomic E-state index is 12.8. The summed E-state index contributed by atoms with van der Waals surface area (Å²) >= 11 is 0. The molecule has 0 radical (unpaired) electrons. The predicted octanol–water partition coefficient (Wildman–Crippen LogP) is 2.25. The number of alkyl halides is 3. The largest absolute Gasteiger partial charge is 0.480 e. The lowest BCUT2D eigenvalue weighted by Gasteiger charge is -2.21. The van der Waals surface area contributed by atoms with Gasteiger partial charge in [-0.2, -0.15) is 13.2 Å². The summed E-state index contributed by atoms with van der Waals surface area (Å²) in [5, 5.41) is 11.3. The number of aliphatic carboxylic acids is 1. The van der Waals surface area contributed by atoms with Crippen LogP contribution in [0.1, 0.15) is 35.6 Å². The van der Waals surface area contributed by atoms with Gasteiger partial charge in [0.1, 0.15) is 16.9 Å². The molecule has 0 atom stereocenters. The number of nitrogens with one attached hydrogen (secondary N) is 1. The summed E-state index contributed by atoms with van der Waals surface area (Å²) in [5.74, 6) is -2.09. The van der Waals surface area contributed by atoms with Gasteiger partial charge in [0.15, 0.2) is 0 Å². The number of hydrogen-bond acceptors (Lipinski definition) is 3. The van der Waals surface area contributed by atoms with E-state index in [1.54, 1.807) is 0 Å². The lowest BCUT2D eigenvalue weighted by molar-refractivity contribution is -0.143. The zero-order chi connectivity index (χ0) is 17.6. The molecule has 0 aliphatic rings. The number of nitrogens with zero attached hydrogens (tertiary/aromatic N) is 2. The minimum atomic E-state index is -4.57. The number of aryl methyl sites for hydroxylation is 1. The van der Waals surface area contributed by atoms with E-state index in [4.69, 9.17) is 5.11 Å². The number of aromatic nitrogens is 2. The van der Waals surface area contributed by atoms with E-state index in [-0.39, 0.29) is 17.0 Å². The summed E-state index contributed by atoms with van der Waals surface area (Å²) < 4.78 is 39.5. The molecule has 0 aromatic carbocycles. The Balaban J connectivity index is 2.53. The third kappa shape index (κ3) is 3.13. The van der Waals surface area contributed by atoms with Crippen molar-refractivity contribution < 1.29 is 27.9 Å². The summed E-state index contributed by atoms with van der Waals surface area (Å²) in [6, 6.07) is 2.01. The van der Waals surface area contributed by atoms with Crippen LogP contribution >= 0.6 is 0 Å². The molecule has 2 N–H and O–H groups in total. The normalized spacial score (nSPS) is 12.4. The smallest absolute Gasteiger partial charge is 0.417 e. The molecule has 124 valence electrons. The van der Waals surface area contributed by atoms with Gasteiger partial charge in [-0.05, 0) is 32.9 Å². The number of imidazole rings is 1. The fraction of sp³-hybridized carbons (Fsp3) is 0.357. The van der Waals surface area contributed by atoms with Gasteiger partial charge < -0.3 is 10.4 Å². The van der Waals surface area contributed by atoms with Crippen LogP contribution in [-0.4, -0.2) is 31.9 Å². The second-order valence-electron chi connectivity index (χ2n) is 5.57. The van der Waals surface area contributed by atoms with Crippen LogP contribution in [0.3, 0.4) is 0 Å². The third-order valence-corrected chi connectivity index (χ3v) is 3.30. The second kappa shape index (κ2) is 5.25. The Morgan fingerprint density at radius 2 is 1.87 bits per heavy atom. The van der Waals surface area contributed by atoms with E-state index >= 15 is 0 Å². The maximum Gasteiger partial charge on any atom is 0.417 e. The van der Waals surface area contributed by atoms with E-state index in [9.17, 15) is 22.8 Å². The Labute approximate surface area is 128 Å². The Morgan fingerprint density at radius 1 is 1.26 bits per heavy atom. The van der Waals surface area contributed by atoms with Gasteiger partial charge in [-0.3, -0.25) is 9.20 Å². The van der Waals surface area contributed by atoms with Gasteiger partial charge in [0.05, 0.1) is 11.3 Å². The van der Waals surface area contributed by atoms with E-state index in [1.807, 2.05) is 0 Å². The highest BCUT2D eigenvalue weighted by Gasteiger charge is 2.33. The van der Waals surface area contributed by atoms with Crippen molar-refractivity contribution >= 4 is 17.5 Å². The molecule has 1 amide bonds. The molecule has 0 saturated carbocycles. The standard InChI is InChI=1S/C14H14F3N3O3/c1-7-10(11(21)19-13(2,3)12(22)23)20-6-8(14(15,16)17)4-5-9(20)18-7/h4-6H,1-3H3,(H,19,21)(H,22,23). The predicted molar refractivity (Wildman–Crippen MR) is 74.1 cm³/mol. The van der Waals surface area contributed by atoms with Crippen LogP contribution < -0.4 is 5.32 Å². The first kappa shape index (κ1) is 16.8. The highest BCUT2D eigenvalue weighted by molar-refractivity contribution is 5.98. The first-order chi connectivity index (χ1) is 10.4. The monoisotopic (exact) mass is 329 g/mol. The van der Waals surface area contributed by atoms with Gasteiger partial charge in [0.25, 0.3) is 5.91 Å². The molecule has 23 heavy (non-hydrogen) atoms. The molecule has 0 unspecified atom stereocenters. The van der Waals surface area contributed by atoms with Crippen LogP contribution in [-0.2, 0) is 11.0 Å². The van der Waals surface area contributed by atoms with Crippen LogP contribution in [0.15, 0.2) is 18.3 Å².